The number of carboxylic acid groups (broad SMARTS) is 1. The lowest BCUT2D eigenvalue weighted by Gasteiger charge is -2.06. The summed E-state index contributed by atoms with van der Waals surface area (Å²) in [5, 5.41) is 9.28. The van der Waals surface area contributed by atoms with Crippen LogP contribution in [0.5, 0.6) is 5.75 Å². The van der Waals surface area contributed by atoms with Gasteiger partial charge in [-0.15, -0.1) is 11.3 Å². The second kappa shape index (κ2) is 6.89. The Morgan fingerprint density at radius 3 is 2.63 bits per heavy atom. The molecule has 4 aromatic rings. The van der Waals surface area contributed by atoms with E-state index in [1.165, 1.54) is 11.3 Å². The molecule has 0 unspecified atom stereocenters. The van der Waals surface area contributed by atoms with Crippen LogP contribution in [0.3, 0.4) is 0 Å². The molecule has 136 valence electrons. The van der Waals surface area contributed by atoms with E-state index in [1.807, 2.05) is 66.1 Å². The third kappa shape index (κ3) is 3.19. The maximum atomic E-state index is 11.3. The number of hydrogen-bond acceptors (Lipinski definition) is 4. The Labute approximate surface area is 160 Å². The molecule has 5 nitrogen and oxygen atoms in total. The lowest BCUT2D eigenvalue weighted by Crippen LogP contribution is -2.00. The first-order chi connectivity index (χ1) is 13.1. The summed E-state index contributed by atoms with van der Waals surface area (Å²) in [6.07, 6.45) is 1.95. The van der Waals surface area contributed by atoms with Crippen molar-refractivity contribution >= 4 is 22.3 Å². The van der Waals surface area contributed by atoms with Crippen LogP contribution in [0.2, 0.25) is 0 Å². The molecule has 1 N–H and O–H groups in total. The van der Waals surface area contributed by atoms with E-state index in [0.29, 0.717) is 0 Å². The minimum Gasteiger partial charge on any atom is -0.496 e. The van der Waals surface area contributed by atoms with Gasteiger partial charge in [-0.1, -0.05) is 30.3 Å². The molecule has 0 amide bonds. The van der Waals surface area contributed by atoms with Crippen molar-refractivity contribution < 1.29 is 14.6 Å². The first-order valence-corrected chi connectivity index (χ1v) is 9.31. The highest BCUT2D eigenvalue weighted by atomic mass is 32.1. The summed E-state index contributed by atoms with van der Waals surface area (Å²) in [6.45, 7) is 2.00. The summed E-state index contributed by atoms with van der Waals surface area (Å²) >= 11 is 1.42. The fourth-order valence-electron chi connectivity index (χ4n) is 3.22. The molecule has 0 aliphatic rings. The van der Waals surface area contributed by atoms with Crippen LogP contribution in [-0.2, 0) is 11.2 Å². The van der Waals surface area contributed by atoms with Crippen molar-refractivity contribution in [3.05, 3.63) is 65.2 Å². The molecular weight excluding hydrogens is 360 g/mol. The van der Waals surface area contributed by atoms with Crippen molar-refractivity contribution in [3.8, 4) is 28.3 Å². The van der Waals surface area contributed by atoms with Gasteiger partial charge >= 0.3 is 5.97 Å². The van der Waals surface area contributed by atoms with Crippen molar-refractivity contribution in [2.24, 2.45) is 0 Å². The summed E-state index contributed by atoms with van der Waals surface area (Å²) in [4.78, 5) is 17.6. The molecule has 0 spiro atoms. The van der Waals surface area contributed by atoms with Crippen molar-refractivity contribution in [1.29, 1.82) is 0 Å². The van der Waals surface area contributed by atoms with E-state index in [0.717, 1.165) is 43.7 Å². The quantitative estimate of drug-likeness (QED) is 0.548. The number of benzene rings is 2. The predicted octanol–water partition coefficient (Wildman–Crippen LogP) is 4.67. The van der Waals surface area contributed by atoms with Crippen molar-refractivity contribution in [1.82, 2.24) is 9.38 Å². The Balaban J connectivity index is 1.87. The number of ether oxygens (including phenoxy) is 1. The lowest BCUT2D eigenvalue weighted by molar-refractivity contribution is -0.136. The number of nitrogens with zero attached hydrogens (tertiary/aromatic N) is 2. The van der Waals surface area contributed by atoms with Gasteiger partial charge < -0.3 is 9.84 Å². The van der Waals surface area contributed by atoms with E-state index in [1.54, 1.807) is 7.11 Å². The first-order valence-electron chi connectivity index (χ1n) is 8.50. The summed E-state index contributed by atoms with van der Waals surface area (Å²) in [5.74, 6) is -0.00354. The van der Waals surface area contributed by atoms with Gasteiger partial charge in [-0.2, -0.15) is 0 Å². The Morgan fingerprint density at radius 2 is 1.96 bits per heavy atom. The van der Waals surface area contributed by atoms with Crippen LogP contribution in [0.4, 0.5) is 0 Å². The molecule has 2 aromatic carbocycles. The lowest BCUT2D eigenvalue weighted by atomic mass is 10.1. The van der Waals surface area contributed by atoms with Gasteiger partial charge in [-0.05, 0) is 36.2 Å². The van der Waals surface area contributed by atoms with E-state index in [9.17, 15) is 9.90 Å². The highest BCUT2D eigenvalue weighted by Crippen LogP contribution is 2.35. The number of aliphatic carboxylic acids is 1. The zero-order valence-electron chi connectivity index (χ0n) is 15.0. The highest BCUT2D eigenvalue weighted by Gasteiger charge is 2.19. The van der Waals surface area contributed by atoms with Crippen molar-refractivity contribution in [2.75, 3.05) is 7.11 Å². The zero-order valence-corrected chi connectivity index (χ0v) is 15.8. The van der Waals surface area contributed by atoms with Crippen LogP contribution in [0.25, 0.3) is 27.5 Å². The maximum absolute atomic E-state index is 11.3. The normalized spacial score (nSPS) is 11.0. The van der Waals surface area contributed by atoms with Crippen LogP contribution in [0.1, 0.15) is 10.4 Å². The number of rotatable bonds is 5. The Kier molecular flexibility index (Phi) is 4.41. The summed E-state index contributed by atoms with van der Waals surface area (Å²) in [5.41, 5.74) is 4.77. The number of methoxy groups -OCH3 is 1. The number of hydrogen-bond donors (Lipinski definition) is 1. The van der Waals surface area contributed by atoms with Crippen LogP contribution in [0, 0.1) is 6.92 Å². The van der Waals surface area contributed by atoms with Crippen molar-refractivity contribution in [2.45, 2.75) is 13.3 Å². The zero-order chi connectivity index (χ0) is 19.0. The topological polar surface area (TPSA) is 63.8 Å². The molecule has 0 aliphatic carbocycles. The molecule has 0 radical (unpaired) electrons. The number of thiazole rings is 1. The monoisotopic (exact) mass is 378 g/mol. The van der Waals surface area contributed by atoms with Crippen LogP contribution in [0.15, 0.2) is 54.7 Å². The Hall–Kier alpha value is -3.12. The van der Waals surface area contributed by atoms with E-state index < -0.39 is 5.97 Å². The van der Waals surface area contributed by atoms with E-state index in [4.69, 9.17) is 9.72 Å². The van der Waals surface area contributed by atoms with Gasteiger partial charge in [0.2, 0.25) is 0 Å². The van der Waals surface area contributed by atoms with E-state index in [-0.39, 0.29) is 6.42 Å². The number of carbonyl (C=O) groups is 1. The number of imidazole rings is 1. The van der Waals surface area contributed by atoms with Gasteiger partial charge in [0.25, 0.3) is 0 Å². The fraction of sp³-hybridized carbons (Fsp3) is 0.143. The summed E-state index contributed by atoms with van der Waals surface area (Å²) in [7, 11) is 1.66. The average Bonchev–Trinajstić information content (AvgIpc) is 3.19. The molecule has 2 aromatic heterocycles. The van der Waals surface area contributed by atoms with Gasteiger partial charge in [-0.25, -0.2) is 4.98 Å². The van der Waals surface area contributed by atoms with Crippen molar-refractivity contribution in [3.63, 3.8) is 0 Å². The number of aryl methyl sites for hydroxylation is 1. The van der Waals surface area contributed by atoms with Crippen LogP contribution >= 0.6 is 11.3 Å². The molecular formula is C21H18N2O3S. The minimum absolute atomic E-state index is 0.0186. The van der Waals surface area contributed by atoms with Crippen LogP contribution < -0.4 is 4.74 Å². The Morgan fingerprint density at radius 1 is 1.19 bits per heavy atom. The summed E-state index contributed by atoms with van der Waals surface area (Å²) < 4.78 is 7.32. The maximum Gasteiger partial charge on any atom is 0.308 e. The Bertz CT molecular complexity index is 1130. The smallest absolute Gasteiger partial charge is 0.308 e. The molecule has 0 saturated carbocycles. The predicted molar refractivity (Wildman–Crippen MR) is 107 cm³/mol. The van der Waals surface area contributed by atoms with E-state index in [2.05, 4.69) is 0 Å². The standard InChI is InChI=1S/C21H18N2O3S/c1-13-10-15(8-9-17(13)26-2)16-12-23-20(14-6-4-3-5-7-14)18(11-19(24)25)27-21(23)22-16/h3-10,12H,11H2,1-2H3,(H,24,25). The van der Waals surface area contributed by atoms with Gasteiger partial charge in [0.15, 0.2) is 4.96 Å². The molecule has 0 bridgehead atoms. The number of carboxylic acids is 1. The largest absolute Gasteiger partial charge is 0.496 e. The molecule has 0 fully saturated rings. The average molecular weight is 378 g/mol. The highest BCUT2D eigenvalue weighted by molar-refractivity contribution is 7.17. The molecule has 6 heteroatoms. The molecule has 0 aliphatic heterocycles. The molecule has 2 heterocycles. The van der Waals surface area contributed by atoms with Gasteiger partial charge in [0.1, 0.15) is 5.75 Å². The molecule has 0 atom stereocenters. The molecule has 27 heavy (non-hydrogen) atoms. The van der Waals surface area contributed by atoms with Gasteiger partial charge in [0, 0.05) is 16.6 Å². The second-order valence-electron chi connectivity index (χ2n) is 6.27. The summed E-state index contributed by atoms with van der Waals surface area (Å²) in [6, 6.07) is 15.8. The second-order valence-corrected chi connectivity index (χ2v) is 7.34. The molecule has 0 saturated heterocycles. The fourth-order valence-corrected chi connectivity index (χ4v) is 4.33. The number of fused-ring (bicyclic) bond motifs is 1. The SMILES string of the molecule is COc1ccc(-c2cn3c(-c4ccccc4)c(CC(=O)O)sc3n2)cc1C. The molecule has 4 rings (SSSR count). The number of aromatic nitrogens is 2. The van der Waals surface area contributed by atoms with Gasteiger partial charge in [0.05, 0.1) is 24.9 Å². The third-order valence-corrected chi connectivity index (χ3v) is 5.50. The minimum atomic E-state index is -0.845. The third-order valence-electron chi connectivity index (χ3n) is 4.44. The first kappa shape index (κ1) is 17.3. The van der Waals surface area contributed by atoms with Gasteiger partial charge in [-0.3, -0.25) is 9.20 Å². The van der Waals surface area contributed by atoms with Crippen LogP contribution in [-0.4, -0.2) is 27.6 Å². The van der Waals surface area contributed by atoms with E-state index >= 15 is 0 Å².